The van der Waals surface area contributed by atoms with Crippen LogP contribution in [0.1, 0.15) is 43.9 Å². The van der Waals surface area contributed by atoms with E-state index in [1.54, 1.807) is 0 Å². The Labute approximate surface area is 118 Å². The maximum Gasteiger partial charge on any atom is 0.0443 e. The van der Waals surface area contributed by atoms with E-state index in [1.807, 2.05) is 0 Å². The van der Waals surface area contributed by atoms with Crippen LogP contribution in [-0.4, -0.2) is 36.8 Å². The molecule has 1 N–H and O–H groups in total. The Bertz CT molecular complexity index is 393. The summed E-state index contributed by atoms with van der Waals surface area (Å²) in [5.41, 5.74) is 4.45. The molecule has 0 bridgehead atoms. The van der Waals surface area contributed by atoms with Crippen LogP contribution in [0.4, 0.5) is 0 Å². The van der Waals surface area contributed by atoms with Crippen molar-refractivity contribution in [1.29, 1.82) is 0 Å². The molecule has 0 aliphatic carbocycles. The normalized spacial score (nSPS) is 12.2. The van der Waals surface area contributed by atoms with Crippen molar-refractivity contribution in [3.05, 3.63) is 34.9 Å². The molecular formula is C17H29NO. The Morgan fingerprint density at radius 3 is 2.37 bits per heavy atom. The average Bonchev–Trinajstić information content (AvgIpc) is 2.33. The number of aliphatic hydroxyl groups excluding tert-OH is 1. The van der Waals surface area contributed by atoms with E-state index >= 15 is 0 Å². The first kappa shape index (κ1) is 16.2. The van der Waals surface area contributed by atoms with Crippen molar-refractivity contribution in [3.8, 4) is 0 Å². The molecule has 0 unspecified atom stereocenters. The van der Waals surface area contributed by atoms with Crippen LogP contribution >= 0.6 is 0 Å². The van der Waals surface area contributed by atoms with Gasteiger partial charge in [-0.3, -0.25) is 0 Å². The van der Waals surface area contributed by atoms with Gasteiger partial charge in [-0.05, 0) is 48.9 Å². The van der Waals surface area contributed by atoms with Crippen molar-refractivity contribution in [1.82, 2.24) is 4.90 Å². The van der Waals surface area contributed by atoms with Crippen molar-refractivity contribution in [3.63, 3.8) is 0 Å². The van der Waals surface area contributed by atoms with Crippen molar-refractivity contribution < 1.29 is 5.11 Å². The molecule has 2 nitrogen and oxygen atoms in total. The smallest absolute Gasteiger partial charge is 0.0443 e. The van der Waals surface area contributed by atoms with Crippen LogP contribution in [0.3, 0.4) is 0 Å². The molecule has 0 aromatic heterocycles. The number of hydrogen-bond acceptors (Lipinski definition) is 2. The zero-order valence-electron chi connectivity index (χ0n) is 13.2. The summed E-state index contributed by atoms with van der Waals surface area (Å²) >= 11 is 0. The standard InChI is InChI=1S/C17H29NO/c1-14-13-16(17(2,3)4)8-7-15(14)9-11-18(5)10-6-12-19/h7-8,13,19H,6,9-12H2,1-5H3. The summed E-state index contributed by atoms with van der Waals surface area (Å²) in [6.45, 7) is 11.3. The van der Waals surface area contributed by atoms with Gasteiger partial charge in [0, 0.05) is 19.7 Å². The SMILES string of the molecule is Cc1cc(C(C)(C)C)ccc1CCN(C)CCCO. The van der Waals surface area contributed by atoms with Gasteiger partial charge in [-0.2, -0.15) is 0 Å². The predicted molar refractivity (Wildman–Crippen MR) is 82.8 cm³/mol. The molecular weight excluding hydrogens is 234 g/mol. The zero-order chi connectivity index (χ0) is 14.5. The second kappa shape index (κ2) is 7.06. The lowest BCUT2D eigenvalue weighted by Gasteiger charge is -2.21. The highest BCUT2D eigenvalue weighted by Gasteiger charge is 2.14. The minimum absolute atomic E-state index is 0.223. The lowest BCUT2D eigenvalue weighted by molar-refractivity contribution is 0.248. The fraction of sp³-hybridized carbons (Fsp3) is 0.647. The van der Waals surface area contributed by atoms with Gasteiger partial charge < -0.3 is 10.0 Å². The molecule has 0 radical (unpaired) electrons. The molecule has 1 aromatic rings. The molecule has 0 saturated carbocycles. The van der Waals surface area contributed by atoms with E-state index in [0.29, 0.717) is 0 Å². The number of aryl methyl sites for hydroxylation is 1. The molecule has 0 atom stereocenters. The molecule has 0 heterocycles. The van der Waals surface area contributed by atoms with Gasteiger partial charge in [0.05, 0.1) is 0 Å². The van der Waals surface area contributed by atoms with E-state index in [-0.39, 0.29) is 12.0 Å². The number of benzene rings is 1. The molecule has 2 heteroatoms. The van der Waals surface area contributed by atoms with E-state index in [0.717, 1.165) is 25.9 Å². The highest BCUT2D eigenvalue weighted by molar-refractivity contribution is 5.34. The van der Waals surface area contributed by atoms with Gasteiger partial charge >= 0.3 is 0 Å². The maximum absolute atomic E-state index is 8.82. The van der Waals surface area contributed by atoms with Crippen LogP contribution in [0.2, 0.25) is 0 Å². The Kier molecular flexibility index (Phi) is 6.02. The minimum atomic E-state index is 0.223. The van der Waals surface area contributed by atoms with E-state index < -0.39 is 0 Å². The number of hydrogen-bond donors (Lipinski definition) is 1. The van der Waals surface area contributed by atoms with Gasteiger partial charge in [-0.1, -0.05) is 39.0 Å². The molecule has 1 rings (SSSR count). The topological polar surface area (TPSA) is 23.5 Å². The van der Waals surface area contributed by atoms with Crippen molar-refractivity contribution >= 4 is 0 Å². The van der Waals surface area contributed by atoms with Crippen LogP contribution in [0.25, 0.3) is 0 Å². The van der Waals surface area contributed by atoms with Gasteiger partial charge in [0.1, 0.15) is 0 Å². The number of nitrogens with zero attached hydrogens (tertiary/aromatic N) is 1. The number of rotatable bonds is 6. The average molecular weight is 263 g/mol. The molecule has 1 aromatic carbocycles. The summed E-state index contributed by atoms with van der Waals surface area (Å²) in [5, 5.41) is 8.82. The Morgan fingerprint density at radius 2 is 1.84 bits per heavy atom. The first-order valence-electron chi connectivity index (χ1n) is 7.24. The maximum atomic E-state index is 8.82. The number of likely N-dealkylation sites (N-methyl/N-ethyl adjacent to an activating group) is 1. The summed E-state index contributed by atoms with van der Waals surface area (Å²) in [5.74, 6) is 0. The van der Waals surface area contributed by atoms with Crippen LogP contribution in [-0.2, 0) is 11.8 Å². The molecule has 0 aliphatic heterocycles. The van der Waals surface area contributed by atoms with Crippen LogP contribution < -0.4 is 0 Å². The monoisotopic (exact) mass is 263 g/mol. The largest absolute Gasteiger partial charge is 0.396 e. The fourth-order valence-electron chi connectivity index (χ4n) is 2.21. The molecule has 0 saturated heterocycles. The van der Waals surface area contributed by atoms with Gasteiger partial charge in [0.2, 0.25) is 0 Å². The summed E-state index contributed by atoms with van der Waals surface area (Å²) in [6, 6.07) is 6.86. The highest BCUT2D eigenvalue weighted by atomic mass is 16.3. The number of aliphatic hydroxyl groups is 1. The lowest BCUT2D eigenvalue weighted by Crippen LogP contribution is -2.23. The molecule has 0 fully saturated rings. The second-order valence-electron chi connectivity index (χ2n) is 6.52. The Hall–Kier alpha value is -0.860. The zero-order valence-corrected chi connectivity index (χ0v) is 13.2. The molecule has 0 aliphatic rings. The van der Waals surface area contributed by atoms with E-state index in [1.165, 1.54) is 16.7 Å². The third kappa shape index (κ3) is 5.33. The summed E-state index contributed by atoms with van der Waals surface area (Å²) < 4.78 is 0. The van der Waals surface area contributed by atoms with Crippen LogP contribution in [0, 0.1) is 6.92 Å². The van der Waals surface area contributed by atoms with Crippen molar-refractivity contribution in [2.45, 2.75) is 46.0 Å². The summed E-state index contributed by atoms with van der Waals surface area (Å²) in [6.07, 6.45) is 1.94. The molecule has 0 amide bonds. The van der Waals surface area contributed by atoms with E-state index in [9.17, 15) is 0 Å². The Balaban J connectivity index is 2.60. The first-order chi connectivity index (χ1) is 8.84. The summed E-state index contributed by atoms with van der Waals surface area (Å²) in [7, 11) is 2.12. The van der Waals surface area contributed by atoms with Gasteiger partial charge in [-0.25, -0.2) is 0 Å². The fourth-order valence-corrected chi connectivity index (χ4v) is 2.21. The van der Waals surface area contributed by atoms with Gasteiger partial charge in [0.15, 0.2) is 0 Å². The van der Waals surface area contributed by atoms with Crippen LogP contribution in [0.5, 0.6) is 0 Å². The van der Waals surface area contributed by atoms with Gasteiger partial charge in [-0.15, -0.1) is 0 Å². The predicted octanol–water partition coefficient (Wildman–Crippen LogP) is 3.15. The minimum Gasteiger partial charge on any atom is -0.396 e. The second-order valence-corrected chi connectivity index (χ2v) is 6.52. The molecule has 0 spiro atoms. The van der Waals surface area contributed by atoms with Gasteiger partial charge in [0.25, 0.3) is 0 Å². The van der Waals surface area contributed by atoms with Crippen molar-refractivity contribution in [2.24, 2.45) is 0 Å². The molecule has 108 valence electrons. The lowest BCUT2D eigenvalue weighted by atomic mass is 9.85. The molecule has 19 heavy (non-hydrogen) atoms. The van der Waals surface area contributed by atoms with E-state index in [2.05, 4.69) is 57.8 Å². The highest BCUT2D eigenvalue weighted by Crippen LogP contribution is 2.24. The van der Waals surface area contributed by atoms with Crippen molar-refractivity contribution in [2.75, 3.05) is 26.7 Å². The first-order valence-corrected chi connectivity index (χ1v) is 7.24. The third-order valence-corrected chi connectivity index (χ3v) is 3.67. The third-order valence-electron chi connectivity index (χ3n) is 3.67. The quantitative estimate of drug-likeness (QED) is 0.852. The Morgan fingerprint density at radius 1 is 1.16 bits per heavy atom. The van der Waals surface area contributed by atoms with E-state index in [4.69, 9.17) is 5.11 Å². The summed E-state index contributed by atoms with van der Waals surface area (Å²) in [4.78, 5) is 2.29. The van der Waals surface area contributed by atoms with Crippen LogP contribution in [0.15, 0.2) is 18.2 Å².